The van der Waals surface area contributed by atoms with E-state index in [1.165, 1.54) is 15.9 Å². The predicted molar refractivity (Wildman–Crippen MR) is 155 cm³/mol. The summed E-state index contributed by atoms with van der Waals surface area (Å²) in [6, 6.07) is 13.7. The minimum atomic E-state index is -3.57. The van der Waals surface area contributed by atoms with E-state index >= 15 is 0 Å². The fourth-order valence-electron chi connectivity index (χ4n) is 4.58. The molecule has 1 saturated carbocycles. The SMILES string of the molecule is CC(=O)Nc1ccc(CS(=O)(=O)N2CCN(c3cnn(-c4cccc(Cl)c4)c(=O)c3OCC3(C)CC3)CC2)cc1. The highest BCUT2D eigenvalue weighted by Crippen LogP contribution is 2.45. The van der Waals surface area contributed by atoms with Gasteiger partial charge in [-0.15, -0.1) is 0 Å². The smallest absolute Gasteiger partial charge is 0.316 e. The van der Waals surface area contributed by atoms with E-state index in [1.807, 2.05) is 4.90 Å². The van der Waals surface area contributed by atoms with Gasteiger partial charge in [0.1, 0.15) is 5.69 Å². The molecule has 2 heterocycles. The Balaban J connectivity index is 1.32. The van der Waals surface area contributed by atoms with Gasteiger partial charge in [0.05, 0.1) is 24.2 Å². The van der Waals surface area contributed by atoms with Crippen LogP contribution in [0.25, 0.3) is 5.69 Å². The van der Waals surface area contributed by atoms with Gasteiger partial charge in [-0.3, -0.25) is 9.59 Å². The monoisotopic (exact) mass is 585 g/mol. The lowest BCUT2D eigenvalue weighted by Crippen LogP contribution is -2.49. The summed E-state index contributed by atoms with van der Waals surface area (Å²) in [6.07, 6.45) is 3.69. The number of benzene rings is 2. The quantitative estimate of drug-likeness (QED) is 0.407. The van der Waals surface area contributed by atoms with E-state index in [0.717, 1.165) is 12.8 Å². The zero-order chi connectivity index (χ0) is 28.5. The van der Waals surface area contributed by atoms with Gasteiger partial charge in [-0.05, 0) is 48.7 Å². The second kappa shape index (κ2) is 11.2. The second-order valence-corrected chi connectivity index (χ2v) is 13.1. The van der Waals surface area contributed by atoms with Gasteiger partial charge in [0.15, 0.2) is 0 Å². The Morgan fingerprint density at radius 1 is 1.10 bits per heavy atom. The van der Waals surface area contributed by atoms with E-state index < -0.39 is 10.0 Å². The van der Waals surface area contributed by atoms with Crippen LogP contribution in [0.15, 0.2) is 59.5 Å². The summed E-state index contributed by atoms with van der Waals surface area (Å²) in [5.74, 6) is -0.124. The van der Waals surface area contributed by atoms with Gasteiger partial charge in [-0.1, -0.05) is 36.7 Å². The van der Waals surface area contributed by atoms with E-state index in [0.29, 0.717) is 47.3 Å². The molecule has 212 valence electrons. The largest absolute Gasteiger partial charge is 0.486 e. The molecule has 0 radical (unpaired) electrons. The van der Waals surface area contributed by atoms with Crippen molar-refractivity contribution >= 4 is 38.9 Å². The Kier molecular flexibility index (Phi) is 7.89. The van der Waals surface area contributed by atoms with Gasteiger partial charge < -0.3 is 15.0 Å². The van der Waals surface area contributed by atoms with Gasteiger partial charge in [-0.2, -0.15) is 14.1 Å². The molecular formula is C28H32ClN5O5S. The van der Waals surface area contributed by atoms with Crippen molar-refractivity contribution in [3.05, 3.63) is 75.7 Å². The average molecular weight is 586 g/mol. The molecule has 1 amide bonds. The molecule has 3 aromatic rings. The first kappa shape index (κ1) is 28.1. The summed E-state index contributed by atoms with van der Waals surface area (Å²) in [4.78, 5) is 26.7. The fraction of sp³-hybridized carbons (Fsp3) is 0.393. The van der Waals surface area contributed by atoms with Crippen LogP contribution in [0.1, 0.15) is 32.3 Å². The van der Waals surface area contributed by atoms with Crippen molar-refractivity contribution in [1.82, 2.24) is 14.1 Å². The molecule has 10 nitrogen and oxygen atoms in total. The van der Waals surface area contributed by atoms with E-state index in [9.17, 15) is 18.0 Å². The van der Waals surface area contributed by atoms with Gasteiger partial charge in [0.2, 0.25) is 21.7 Å². The number of halogens is 1. The van der Waals surface area contributed by atoms with E-state index in [-0.39, 0.29) is 41.5 Å². The van der Waals surface area contributed by atoms with Crippen LogP contribution >= 0.6 is 11.6 Å². The number of amides is 1. The molecule has 1 saturated heterocycles. The summed E-state index contributed by atoms with van der Waals surface area (Å²) in [5, 5.41) is 7.56. The number of piperazine rings is 1. The molecule has 0 bridgehead atoms. The Morgan fingerprint density at radius 3 is 2.42 bits per heavy atom. The number of anilines is 2. The molecule has 12 heteroatoms. The van der Waals surface area contributed by atoms with Crippen LogP contribution in [0.5, 0.6) is 5.75 Å². The van der Waals surface area contributed by atoms with Gasteiger partial charge in [-0.25, -0.2) is 8.42 Å². The van der Waals surface area contributed by atoms with Crippen LogP contribution in [0.4, 0.5) is 11.4 Å². The lowest BCUT2D eigenvalue weighted by atomic mass is 10.2. The number of aromatic nitrogens is 2. The first-order chi connectivity index (χ1) is 19.0. The number of carbonyl (C=O) groups is 1. The first-order valence-electron chi connectivity index (χ1n) is 13.1. The summed E-state index contributed by atoms with van der Waals surface area (Å²) in [7, 11) is -3.57. The number of carbonyl (C=O) groups excluding carboxylic acids is 1. The van der Waals surface area contributed by atoms with Crippen LogP contribution in [0.2, 0.25) is 5.02 Å². The molecule has 5 rings (SSSR count). The van der Waals surface area contributed by atoms with Crippen molar-refractivity contribution in [2.24, 2.45) is 5.41 Å². The number of hydrogen-bond donors (Lipinski definition) is 1. The van der Waals surface area contributed by atoms with Gasteiger partial charge in [0, 0.05) is 49.2 Å². The number of ether oxygens (including phenoxy) is 1. The maximum Gasteiger partial charge on any atom is 0.316 e. The average Bonchev–Trinajstić information content (AvgIpc) is 3.65. The third-order valence-electron chi connectivity index (χ3n) is 7.23. The summed E-state index contributed by atoms with van der Waals surface area (Å²) >= 11 is 6.14. The number of nitrogens with zero attached hydrogens (tertiary/aromatic N) is 4. The summed E-state index contributed by atoms with van der Waals surface area (Å²) in [6.45, 7) is 5.26. The molecular weight excluding hydrogens is 554 g/mol. The highest BCUT2D eigenvalue weighted by atomic mass is 35.5. The summed E-state index contributed by atoms with van der Waals surface area (Å²) in [5.41, 5.74) is 2.00. The van der Waals surface area contributed by atoms with E-state index in [1.54, 1.807) is 54.7 Å². The third kappa shape index (κ3) is 6.48. The number of rotatable bonds is 9. The minimum Gasteiger partial charge on any atom is -0.486 e. The number of nitrogens with one attached hydrogen (secondary N) is 1. The molecule has 0 unspecified atom stereocenters. The topological polar surface area (TPSA) is 114 Å². The molecule has 40 heavy (non-hydrogen) atoms. The lowest BCUT2D eigenvalue weighted by molar-refractivity contribution is -0.114. The predicted octanol–water partition coefficient (Wildman–Crippen LogP) is 3.68. The maximum absolute atomic E-state index is 13.6. The molecule has 2 aromatic carbocycles. The molecule has 1 N–H and O–H groups in total. The highest BCUT2D eigenvalue weighted by molar-refractivity contribution is 7.88. The number of sulfonamides is 1. The Bertz CT molecular complexity index is 1560. The molecule has 1 aliphatic heterocycles. The second-order valence-electron chi connectivity index (χ2n) is 10.7. The fourth-order valence-corrected chi connectivity index (χ4v) is 6.28. The Hall–Kier alpha value is -3.41. The molecule has 2 aliphatic rings. The van der Waals surface area contributed by atoms with Crippen molar-refractivity contribution in [1.29, 1.82) is 0 Å². The zero-order valence-electron chi connectivity index (χ0n) is 22.5. The van der Waals surface area contributed by atoms with Crippen LogP contribution in [0.3, 0.4) is 0 Å². The highest BCUT2D eigenvalue weighted by Gasteiger charge is 2.39. The normalized spacial score (nSPS) is 16.9. The van der Waals surface area contributed by atoms with Crippen molar-refractivity contribution in [3.63, 3.8) is 0 Å². The molecule has 0 atom stereocenters. The van der Waals surface area contributed by atoms with Crippen LogP contribution in [-0.4, -0.2) is 61.2 Å². The van der Waals surface area contributed by atoms with Gasteiger partial charge >= 0.3 is 5.56 Å². The number of hydrogen-bond acceptors (Lipinski definition) is 7. The Labute approximate surface area is 238 Å². The molecule has 2 fully saturated rings. The van der Waals surface area contributed by atoms with Crippen molar-refractivity contribution in [2.75, 3.05) is 43.0 Å². The minimum absolute atomic E-state index is 0.0565. The maximum atomic E-state index is 13.6. The first-order valence-corrected chi connectivity index (χ1v) is 15.1. The Morgan fingerprint density at radius 2 is 1.80 bits per heavy atom. The van der Waals surface area contributed by atoms with Gasteiger partial charge in [0.25, 0.3) is 0 Å². The zero-order valence-corrected chi connectivity index (χ0v) is 24.0. The van der Waals surface area contributed by atoms with E-state index in [4.69, 9.17) is 16.3 Å². The summed E-state index contributed by atoms with van der Waals surface area (Å²) < 4.78 is 35.2. The van der Waals surface area contributed by atoms with E-state index in [2.05, 4.69) is 17.3 Å². The lowest BCUT2D eigenvalue weighted by Gasteiger charge is -2.35. The molecule has 1 aliphatic carbocycles. The van der Waals surface area contributed by atoms with Crippen LogP contribution in [0, 0.1) is 5.41 Å². The van der Waals surface area contributed by atoms with Crippen molar-refractivity contribution in [2.45, 2.75) is 32.4 Å². The van der Waals surface area contributed by atoms with Crippen molar-refractivity contribution < 1.29 is 17.9 Å². The van der Waals surface area contributed by atoms with Crippen molar-refractivity contribution in [3.8, 4) is 11.4 Å². The van der Waals surface area contributed by atoms with Crippen LogP contribution < -0.4 is 20.5 Å². The van der Waals surface area contributed by atoms with Crippen LogP contribution in [-0.2, 0) is 20.6 Å². The molecule has 1 aromatic heterocycles. The third-order valence-corrected chi connectivity index (χ3v) is 9.32. The molecule has 0 spiro atoms. The standard InChI is InChI=1S/C28H32ClN5O5S/c1-20(35)31-23-8-6-21(7-9-23)18-40(37,38)33-14-12-32(13-15-33)25-17-30-34(24-5-3-4-22(29)16-24)27(36)26(25)39-19-28(2)10-11-28/h3-9,16-17H,10-15,18-19H2,1-2H3,(H,31,35).